The second-order valence-electron chi connectivity index (χ2n) is 4.70. The van der Waals surface area contributed by atoms with Crippen LogP contribution < -0.4 is 5.32 Å². The molecule has 0 aromatic heterocycles. The summed E-state index contributed by atoms with van der Waals surface area (Å²) in [5.74, 6) is -0.726. The number of carboxylic acid groups (broad SMARTS) is 1. The van der Waals surface area contributed by atoms with E-state index < -0.39 is 5.97 Å². The number of carbonyl (C=O) groups is 1. The number of nitrogens with one attached hydrogen (secondary N) is 1. The maximum absolute atomic E-state index is 11.0. The number of hydrogen-bond acceptors (Lipinski definition) is 3. The minimum absolute atomic E-state index is 0.387. The lowest BCUT2D eigenvalue weighted by Gasteiger charge is -2.35. The van der Waals surface area contributed by atoms with Gasteiger partial charge in [0.05, 0.1) is 0 Å². The molecule has 0 heterocycles. The van der Waals surface area contributed by atoms with Gasteiger partial charge in [0, 0.05) is 12.6 Å². The first-order valence-corrected chi connectivity index (χ1v) is 6.31. The number of aliphatic carboxylic acids is 1. The Morgan fingerprint density at radius 1 is 1.56 bits per heavy atom. The summed E-state index contributed by atoms with van der Waals surface area (Å²) in [5, 5.41) is 12.1. The van der Waals surface area contributed by atoms with Crippen LogP contribution in [0.4, 0.5) is 0 Å². The number of hydrogen-bond donors (Lipinski definition) is 2. The Morgan fingerprint density at radius 2 is 2.25 bits per heavy atom. The van der Waals surface area contributed by atoms with Crippen molar-refractivity contribution in [3.05, 3.63) is 0 Å². The Hall–Kier alpha value is -0.610. The van der Waals surface area contributed by atoms with Crippen molar-refractivity contribution in [2.45, 2.75) is 51.1 Å². The van der Waals surface area contributed by atoms with Gasteiger partial charge in [0.2, 0.25) is 0 Å². The molecule has 0 bridgehead atoms. The molecule has 94 valence electrons. The van der Waals surface area contributed by atoms with Crippen LogP contribution in [0, 0.1) is 0 Å². The lowest BCUT2D eigenvalue weighted by molar-refractivity contribution is -0.139. The monoisotopic (exact) mass is 228 g/mol. The van der Waals surface area contributed by atoms with Gasteiger partial charge in [0.25, 0.3) is 0 Å². The third-order valence-corrected chi connectivity index (χ3v) is 3.41. The van der Waals surface area contributed by atoms with Gasteiger partial charge in [-0.3, -0.25) is 4.79 Å². The highest BCUT2D eigenvalue weighted by atomic mass is 16.4. The Bertz CT molecular complexity index is 217. The minimum Gasteiger partial charge on any atom is -0.480 e. The van der Waals surface area contributed by atoms with Crippen LogP contribution in [0.25, 0.3) is 0 Å². The highest BCUT2D eigenvalue weighted by Crippen LogP contribution is 2.23. The van der Waals surface area contributed by atoms with Crippen molar-refractivity contribution in [3.8, 4) is 0 Å². The lowest BCUT2D eigenvalue weighted by Crippen LogP contribution is -2.43. The summed E-state index contributed by atoms with van der Waals surface area (Å²) in [7, 11) is 2.10. The van der Waals surface area contributed by atoms with E-state index in [0.717, 1.165) is 19.5 Å². The molecule has 2 N–H and O–H groups in total. The fraction of sp³-hybridized carbons (Fsp3) is 0.917. The molecule has 4 nitrogen and oxygen atoms in total. The average Bonchev–Trinajstić information content (AvgIpc) is 2.14. The number of rotatable bonds is 8. The first kappa shape index (κ1) is 13.5. The zero-order chi connectivity index (χ0) is 12.0. The predicted octanol–water partition coefficient (Wildman–Crippen LogP) is 1.31. The Kier molecular flexibility index (Phi) is 5.77. The molecule has 1 saturated carbocycles. The van der Waals surface area contributed by atoms with Crippen molar-refractivity contribution >= 4 is 5.97 Å². The summed E-state index contributed by atoms with van der Waals surface area (Å²) in [5.41, 5.74) is 0. The van der Waals surface area contributed by atoms with Gasteiger partial charge in [0.15, 0.2) is 0 Å². The van der Waals surface area contributed by atoms with Crippen LogP contribution >= 0.6 is 0 Å². The topological polar surface area (TPSA) is 52.6 Å². The quantitative estimate of drug-likeness (QED) is 0.658. The van der Waals surface area contributed by atoms with Crippen LogP contribution in [-0.4, -0.2) is 48.2 Å². The van der Waals surface area contributed by atoms with Crippen molar-refractivity contribution in [1.29, 1.82) is 0 Å². The summed E-state index contributed by atoms with van der Waals surface area (Å²) in [4.78, 5) is 13.3. The molecule has 0 saturated heterocycles. The van der Waals surface area contributed by atoms with Gasteiger partial charge in [-0.15, -0.1) is 0 Å². The maximum atomic E-state index is 11.0. The molecule has 0 amide bonds. The molecular weight excluding hydrogens is 204 g/mol. The normalized spacial score (nSPS) is 18.4. The average molecular weight is 228 g/mol. The fourth-order valence-electron chi connectivity index (χ4n) is 1.97. The maximum Gasteiger partial charge on any atom is 0.320 e. The Balaban J connectivity index is 2.22. The number of nitrogens with zero attached hydrogens (tertiary/aromatic N) is 1. The van der Waals surface area contributed by atoms with Crippen molar-refractivity contribution in [2.24, 2.45) is 0 Å². The zero-order valence-corrected chi connectivity index (χ0v) is 10.4. The van der Waals surface area contributed by atoms with Gasteiger partial charge < -0.3 is 15.3 Å². The number of carboxylic acids is 1. The zero-order valence-electron chi connectivity index (χ0n) is 10.4. The van der Waals surface area contributed by atoms with Crippen LogP contribution in [0.5, 0.6) is 0 Å². The van der Waals surface area contributed by atoms with Crippen molar-refractivity contribution in [2.75, 3.05) is 20.1 Å². The van der Waals surface area contributed by atoms with Crippen LogP contribution in [0.3, 0.4) is 0 Å². The van der Waals surface area contributed by atoms with E-state index in [2.05, 4.69) is 17.3 Å². The van der Waals surface area contributed by atoms with E-state index in [9.17, 15) is 4.79 Å². The third-order valence-electron chi connectivity index (χ3n) is 3.41. The van der Waals surface area contributed by atoms with Crippen molar-refractivity contribution in [3.63, 3.8) is 0 Å². The van der Waals surface area contributed by atoms with Gasteiger partial charge in [-0.2, -0.15) is 0 Å². The van der Waals surface area contributed by atoms with Crippen LogP contribution in [0.1, 0.15) is 39.0 Å². The Labute approximate surface area is 98.0 Å². The summed E-state index contributed by atoms with van der Waals surface area (Å²) in [6.07, 6.45) is 5.54. The molecule has 4 heteroatoms. The first-order valence-electron chi connectivity index (χ1n) is 6.31. The minimum atomic E-state index is -0.726. The molecule has 1 rings (SSSR count). The highest BCUT2D eigenvalue weighted by molar-refractivity contribution is 5.73. The summed E-state index contributed by atoms with van der Waals surface area (Å²) < 4.78 is 0. The van der Waals surface area contributed by atoms with Crippen molar-refractivity contribution < 1.29 is 9.90 Å². The first-order chi connectivity index (χ1) is 7.65. The van der Waals surface area contributed by atoms with E-state index in [1.54, 1.807) is 0 Å². The molecule has 0 spiro atoms. The van der Waals surface area contributed by atoms with E-state index in [1.165, 1.54) is 19.3 Å². The van der Waals surface area contributed by atoms with E-state index in [0.29, 0.717) is 12.5 Å². The summed E-state index contributed by atoms with van der Waals surface area (Å²) in [6, 6.07) is 0.308. The van der Waals surface area contributed by atoms with Crippen LogP contribution in [0.15, 0.2) is 0 Å². The van der Waals surface area contributed by atoms with Gasteiger partial charge in [0.1, 0.15) is 6.04 Å². The molecule has 0 aliphatic heterocycles. The highest BCUT2D eigenvalue weighted by Gasteiger charge is 2.23. The molecule has 1 aliphatic rings. The summed E-state index contributed by atoms with van der Waals surface area (Å²) in [6.45, 7) is 3.70. The third kappa shape index (κ3) is 4.10. The van der Waals surface area contributed by atoms with Gasteiger partial charge in [-0.25, -0.2) is 0 Å². The molecule has 16 heavy (non-hydrogen) atoms. The second-order valence-corrected chi connectivity index (χ2v) is 4.70. The van der Waals surface area contributed by atoms with Crippen LogP contribution in [0.2, 0.25) is 0 Å². The Morgan fingerprint density at radius 3 is 2.69 bits per heavy atom. The molecule has 1 unspecified atom stereocenters. The van der Waals surface area contributed by atoms with Crippen LogP contribution in [-0.2, 0) is 4.79 Å². The fourth-order valence-corrected chi connectivity index (χ4v) is 1.97. The molecule has 0 aromatic rings. The summed E-state index contributed by atoms with van der Waals surface area (Å²) >= 11 is 0. The largest absolute Gasteiger partial charge is 0.480 e. The van der Waals surface area contributed by atoms with E-state index >= 15 is 0 Å². The van der Waals surface area contributed by atoms with Gasteiger partial charge in [-0.05, 0) is 39.3 Å². The SMILES string of the molecule is CCCNC(CCN(C)C1CCC1)C(=O)O. The molecule has 1 atom stereocenters. The predicted molar refractivity (Wildman–Crippen MR) is 64.6 cm³/mol. The molecule has 0 radical (unpaired) electrons. The van der Waals surface area contributed by atoms with E-state index in [-0.39, 0.29) is 6.04 Å². The van der Waals surface area contributed by atoms with Gasteiger partial charge in [-0.1, -0.05) is 13.3 Å². The smallest absolute Gasteiger partial charge is 0.320 e. The van der Waals surface area contributed by atoms with Gasteiger partial charge >= 0.3 is 5.97 Å². The standard InChI is InChI=1S/C12H24N2O2/c1-3-8-13-11(12(15)16)7-9-14(2)10-5-4-6-10/h10-11,13H,3-9H2,1-2H3,(H,15,16). The van der Waals surface area contributed by atoms with E-state index in [4.69, 9.17) is 5.11 Å². The van der Waals surface area contributed by atoms with Crippen molar-refractivity contribution in [1.82, 2.24) is 10.2 Å². The molecular formula is C12H24N2O2. The molecule has 1 aliphatic carbocycles. The second kappa shape index (κ2) is 6.86. The van der Waals surface area contributed by atoms with E-state index in [1.807, 2.05) is 6.92 Å². The lowest BCUT2D eigenvalue weighted by atomic mass is 9.91. The molecule has 1 fully saturated rings. The molecule has 0 aromatic carbocycles.